The first-order valence-electron chi connectivity index (χ1n) is 5.68. The van der Waals surface area contributed by atoms with Crippen molar-refractivity contribution in [3.8, 4) is 0 Å². The second kappa shape index (κ2) is 6.75. The van der Waals surface area contributed by atoms with Crippen molar-refractivity contribution in [1.29, 1.82) is 0 Å². The van der Waals surface area contributed by atoms with Crippen LogP contribution in [0.5, 0.6) is 0 Å². The topological polar surface area (TPSA) is 32.3 Å². The predicted molar refractivity (Wildman–Crippen MR) is 86.7 cm³/mol. The Morgan fingerprint density at radius 2 is 1.79 bits per heavy atom. The smallest absolute Gasteiger partial charge is 0.0755 e. The molecule has 0 aliphatic carbocycles. The van der Waals surface area contributed by atoms with Crippen LogP contribution in [0.3, 0.4) is 0 Å². The van der Waals surface area contributed by atoms with Crippen molar-refractivity contribution in [2.45, 2.75) is 6.04 Å². The van der Waals surface area contributed by atoms with Crippen LogP contribution >= 0.6 is 43.5 Å². The van der Waals surface area contributed by atoms with Gasteiger partial charge in [-0.25, -0.2) is 0 Å². The second-order valence-corrected chi connectivity index (χ2v) is 6.26. The number of hydrogen-bond acceptors (Lipinski definition) is 2. The molecule has 5 heteroatoms. The summed E-state index contributed by atoms with van der Waals surface area (Å²) in [4.78, 5) is 0. The summed E-state index contributed by atoms with van der Waals surface area (Å²) in [5.74, 6) is 0. The number of rotatable bonds is 4. The van der Waals surface area contributed by atoms with E-state index in [-0.39, 0.29) is 12.6 Å². The van der Waals surface area contributed by atoms with Gasteiger partial charge in [-0.15, -0.1) is 0 Å². The molecule has 0 amide bonds. The van der Waals surface area contributed by atoms with Gasteiger partial charge in [0.25, 0.3) is 0 Å². The van der Waals surface area contributed by atoms with E-state index >= 15 is 0 Å². The summed E-state index contributed by atoms with van der Waals surface area (Å²) in [7, 11) is 0. The molecule has 0 aromatic heterocycles. The fourth-order valence-corrected chi connectivity index (χ4v) is 2.98. The van der Waals surface area contributed by atoms with E-state index in [1.54, 1.807) is 0 Å². The molecule has 2 nitrogen and oxygen atoms in total. The number of anilines is 1. The van der Waals surface area contributed by atoms with E-state index in [4.69, 9.17) is 11.6 Å². The van der Waals surface area contributed by atoms with Crippen LogP contribution in [0.4, 0.5) is 5.69 Å². The van der Waals surface area contributed by atoms with Crippen molar-refractivity contribution in [3.63, 3.8) is 0 Å². The second-order valence-electron chi connectivity index (χ2n) is 4.05. The highest BCUT2D eigenvalue weighted by Crippen LogP contribution is 2.29. The average molecular weight is 406 g/mol. The van der Waals surface area contributed by atoms with Crippen molar-refractivity contribution in [1.82, 2.24) is 0 Å². The predicted octanol–water partition coefficient (Wildman–Crippen LogP) is 5.01. The third-order valence-corrected chi connectivity index (χ3v) is 4.16. The van der Waals surface area contributed by atoms with Gasteiger partial charge in [-0.05, 0) is 42.0 Å². The van der Waals surface area contributed by atoms with Gasteiger partial charge in [-0.3, -0.25) is 0 Å². The molecule has 1 unspecified atom stereocenters. The van der Waals surface area contributed by atoms with Crippen LogP contribution in [-0.4, -0.2) is 11.7 Å². The number of aliphatic hydroxyl groups excluding tert-OH is 1. The maximum Gasteiger partial charge on any atom is 0.0755 e. The number of benzene rings is 2. The lowest BCUT2D eigenvalue weighted by Crippen LogP contribution is -2.15. The van der Waals surface area contributed by atoms with Crippen LogP contribution in [-0.2, 0) is 0 Å². The maximum atomic E-state index is 9.56. The molecule has 0 saturated carbocycles. The van der Waals surface area contributed by atoms with Crippen LogP contribution in [0.2, 0.25) is 5.02 Å². The molecule has 0 saturated heterocycles. The maximum absolute atomic E-state index is 9.56. The van der Waals surface area contributed by atoms with Gasteiger partial charge in [0, 0.05) is 19.7 Å². The third kappa shape index (κ3) is 3.96. The Balaban J connectivity index is 2.22. The van der Waals surface area contributed by atoms with Gasteiger partial charge < -0.3 is 10.4 Å². The minimum atomic E-state index is -0.187. The lowest BCUT2D eigenvalue weighted by Gasteiger charge is -2.19. The Kier molecular flexibility index (Phi) is 5.28. The van der Waals surface area contributed by atoms with E-state index in [1.165, 1.54) is 0 Å². The first-order valence-corrected chi connectivity index (χ1v) is 7.64. The minimum absolute atomic E-state index is 0.00367. The number of hydrogen-bond donors (Lipinski definition) is 2. The zero-order valence-electron chi connectivity index (χ0n) is 9.91. The Hall–Kier alpha value is -0.550. The van der Waals surface area contributed by atoms with Crippen molar-refractivity contribution in [3.05, 3.63) is 62.0 Å². The van der Waals surface area contributed by atoms with Gasteiger partial charge >= 0.3 is 0 Å². The van der Waals surface area contributed by atoms with Gasteiger partial charge in [0.2, 0.25) is 0 Å². The Bertz CT molecular complexity index is 560. The summed E-state index contributed by atoms with van der Waals surface area (Å²) in [6.07, 6.45) is 0. The number of aliphatic hydroxyl groups is 1. The summed E-state index contributed by atoms with van der Waals surface area (Å²) in [6, 6.07) is 13.2. The van der Waals surface area contributed by atoms with Gasteiger partial charge in [0.1, 0.15) is 0 Å². The van der Waals surface area contributed by atoms with Crippen molar-refractivity contribution >= 4 is 49.1 Å². The average Bonchev–Trinajstić information content (AvgIpc) is 2.39. The molecule has 1 atom stereocenters. The summed E-state index contributed by atoms with van der Waals surface area (Å²) in [6.45, 7) is -0.00367. The van der Waals surface area contributed by atoms with Crippen LogP contribution in [0.1, 0.15) is 11.6 Å². The molecule has 0 aliphatic rings. The molecule has 19 heavy (non-hydrogen) atoms. The van der Waals surface area contributed by atoms with Crippen LogP contribution < -0.4 is 5.32 Å². The van der Waals surface area contributed by atoms with Gasteiger partial charge in [-0.2, -0.15) is 0 Å². The Morgan fingerprint density at radius 1 is 1.11 bits per heavy atom. The van der Waals surface area contributed by atoms with Gasteiger partial charge in [0.05, 0.1) is 12.6 Å². The highest BCUT2D eigenvalue weighted by Gasteiger charge is 2.13. The minimum Gasteiger partial charge on any atom is -0.394 e. The van der Waals surface area contributed by atoms with Crippen molar-refractivity contribution < 1.29 is 5.11 Å². The van der Waals surface area contributed by atoms with Gasteiger partial charge in [-0.1, -0.05) is 49.5 Å². The highest BCUT2D eigenvalue weighted by molar-refractivity contribution is 9.10. The van der Waals surface area contributed by atoms with E-state index in [0.717, 1.165) is 20.2 Å². The molecular weight excluding hydrogens is 393 g/mol. The lowest BCUT2D eigenvalue weighted by molar-refractivity contribution is 0.276. The van der Waals surface area contributed by atoms with E-state index in [0.29, 0.717) is 5.02 Å². The van der Waals surface area contributed by atoms with Crippen molar-refractivity contribution in [2.75, 3.05) is 11.9 Å². The summed E-state index contributed by atoms with van der Waals surface area (Å²) in [5, 5.41) is 13.5. The van der Waals surface area contributed by atoms with E-state index in [2.05, 4.69) is 37.2 Å². The molecular formula is C14H12Br2ClNO. The molecule has 0 spiro atoms. The number of halogens is 3. The molecule has 2 aromatic rings. The lowest BCUT2D eigenvalue weighted by atomic mass is 10.1. The first-order chi connectivity index (χ1) is 9.10. The molecule has 0 heterocycles. The van der Waals surface area contributed by atoms with E-state index in [1.807, 2.05) is 42.5 Å². The first kappa shape index (κ1) is 14.9. The summed E-state index contributed by atoms with van der Waals surface area (Å²) < 4.78 is 1.90. The summed E-state index contributed by atoms with van der Waals surface area (Å²) in [5.41, 5.74) is 1.92. The van der Waals surface area contributed by atoms with Crippen LogP contribution in [0.25, 0.3) is 0 Å². The normalized spacial score (nSPS) is 12.2. The van der Waals surface area contributed by atoms with Gasteiger partial charge in [0.15, 0.2) is 0 Å². The molecule has 0 bridgehead atoms. The highest BCUT2D eigenvalue weighted by atomic mass is 79.9. The molecule has 0 fully saturated rings. The standard InChI is InChI=1S/C14H12Br2ClNO/c15-9-1-4-11(5-2-9)18-14(8-19)12-6-3-10(17)7-13(12)16/h1-7,14,18-19H,8H2. The monoisotopic (exact) mass is 403 g/mol. The Morgan fingerprint density at radius 3 is 2.37 bits per heavy atom. The quantitative estimate of drug-likeness (QED) is 0.749. The van der Waals surface area contributed by atoms with Crippen LogP contribution in [0, 0.1) is 0 Å². The number of nitrogens with one attached hydrogen (secondary N) is 1. The molecule has 100 valence electrons. The van der Waals surface area contributed by atoms with Crippen molar-refractivity contribution in [2.24, 2.45) is 0 Å². The summed E-state index contributed by atoms with van der Waals surface area (Å²) >= 11 is 12.8. The van der Waals surface area contributed by atoms with Crippen LogP contribution in [0.15, 0.2) is 51.4 Å². The molecule has 2 aromatic carbocycles. The zero-order chi connectivity index (χ0) is 13.8. The fraction of sp³-hybridized carbons (Fsp3) is 0.143. The molecule has 2 N–H and O–H groups in total. The molecule has 2 rings (SSSR count). The third-order valence-electron chi connectivity index (χ3n) is 2.71. The SMILES string of the molecule is OCC(Nc1ccc(Br)cc1)c1ccc(Cl)cc1Br. The Labute approximate surface area is 134 Å². The largest absolute Gasteiger partial charge is 0.394 e. The molecule has 0 aliphatic heterocycles. The molecule has 0 radical (unpaired) electrons. The zero-order valence-corrected chi connectivity index (χ0v) is 13.8. The fourth-order valence-electron chi connectivity index (χ4n) is 1.75. The van der Waals surface area contributed by atoms with E-state index < -0.39 is 0 Å². The van der Waals surface area contributed by atoms with E-state index in [9.17, 15) is 5.11 Å².